The van der Waals surface area contributed by atoms with Crippen molar-refractivity contribution >= 4 is 27.7 Å². The fourth-order valence-electron chi connectivity index (χ4n) is 4.51. The molecule has 0 radical (unpaired) electrons. The Morgan fingerprint density at radius 3 is 2.74 bits per heavy atom. The van der Waals surface area contributed by atoms with E-state index in [-0.39, 0.29) is 30.3 Å². The maximum Gasteiger partial charge on any atom is 0.417 e. The van der Waals surface area contributed by atoms with E-state index in [1.54, 1.807) is 0 Å². The summed E-state index contributed by atoms with van der Waals surface area (Å²) < 4.78 is 67.6. The number of carbonyl (C=O) groups is 1. The number of ketones is 1. The van der Waals surface area contributed by atoms with Crippen molar-refractivity contribution in [3.63, 3.8) is 0 Å². The Labute approximate surface area is 220 Å². The van der Waals surface area contributed by atoms with Gasteiger partial charge < -0.3 is 5.11 Å². The maximum atomic E-state index is 13.2. The fourth-order valence-corrected chi connectivity index (χ4v) is 5.10. The number of hydrogen-bond acceptors (Lipinski definition) is 8. The number of aliphatic hydroxyl groups is 1. The van der Waals surface area contributed by atoms with Gasteiger partial charge in [-0.3, -0.25) is 13.7 Å². The van der Waals surface area contributed by atoms with Gasteiger partial charge in [0.15, 0.2) is 0 Å². The number of nitrogens with zero attached hydrogens (tertiary/aromatic N) is 4. The molecule has 38 heavy (non-hydrogen) atoms. The van der Waals surface area contributed by atoms with Gasteiger partial charge in [0.2, 0.25) is 5.78 Å². The van der Waals surface area contributed by atoms with Crippen LogP contribution >= 0.6 is 11.6 Å². The van der Waals surface area contributed by atoms with Gasteiger partial charge in [0.05, 0.1) is 41.1 Å². The first-order valence-electron chi connectivity index (χ1n) is 11.4. The number of rotatable bonds is 9. The van der Waals surface area contributed by atoms with Crippen LogP contribution < -0.4 is 5.14 Å². The van der Waals surface area contributed by atoms with E-state index in [1.807, 2.05) is 0 Å². The fraction of sp³-hybridized carbons (Fsp3) is 0.391. The van der Waals surface area contributed by atoms with Crippen LogP contribution in [0.25, 0.3) is 0 Å². The van der Waals surface area contributed by atoms with Crippen LogP contribution in [0.5, 0.6) is 0 Å². The molecular formula is C23H23ClF3N5O5S. The van der Waals surface area contributed by atoms with Gasteiger partial charge in [-0.25, -0.2) is 15.1 Å². The Kier molecular flexibility index (Phi) is 8.18. The summed E-state index contributed by atoms with van der Waals surface area (Å²) in [6.45, 7) is -0.269. The molecule has 3 atom stereocenters. The van der Waals surface area contributed by atoms with Gasteiger partial charge in [-0.05, 0) is 48.9 Å². The number of hydrogen-bond donors (Lipinski definition) is 2. The first kappa shape index (κ1) is 28.1. The van der Waals surface area contributed by atoms with Gasteiger partial charge in [-0.2, -0.15) is 26.7 Å². The summed E-state index contributed by atoms with van der Waals surface area (Å²) in [7, 11) is -4.13. The minimum absolute atomic E-state index is 0.0202. The molecule has 1 aliphatic carbocycles. The molecule has 204 valence electrons. The summed E-state index contributed by atoms with van der Waals surface area (Å²) in [5.74, 6) is -1.02. The SMILES string of the molecule is NS(=O)(=O)OC[C@H]1C[C@@H](Cc2ncncc2C(=O)c2ccn(Cc3ccc(Cl)c(C(F)(F)F)c3)n2)C[C@@H]1O. The summed E-state index contributed by atoms with van der Waals surface area (Å²) in [6.07, 6.45) is -0.186. The molecular weight excluding hydrogens is 551 g/mol. The van der Waals surface area contributed by atoms with Gasteiger partial charge in [0, 0.05) is 18.3 Å². The molecule has 4 rings (SSSR count). The molecule has 0 saturated heterocycles. The van der Waals surface area contributed by atoms with Crippen LogP contribution in [0.3, 0.4) is 0 Å². The number of alkyl halides is 3. The minimum Gasteiger partial charge on any atom is -0.393 e. The smallest absolute Gasteiger partial charge is 0.393 e. The summed E-state index contributed by atoms with van der Waals surface area (Å²) in [5.41, 5.74) is 0.0200. The maximum absolute atomic E-state index is 13.2. The zero-order chi connectivity index (χ0) is 27.7. The largest absolute Gasteiger partial charge is 0.417 e. The van der Waals surface area contributed by atoms with Crippen molar-refractivity contribution in [3.8, 4) is 0 Å². The first-order chi connectivity index (χ1) is 17.8. The normalized spacial score (nSPS) is 20.1. The Balaban J connectivity index is 1.46. The van der Waals surface area contributed by atoms with Crippen LogP contribution in [0.2, 0.25) is 5.02 Å². The highest BCUT2D eigenvalue weighted by Crippen LogP contribution is 2.36. The summed E-state index contributed by atoms with van der Waals surface area (Å²) >= 11 is 5.67. The van der Waals surface area contributed by atoms with Crippen LogP contribution in [0.4, 0.5) is 13.2 Å². The standard InChI is InChI=1S/C23H23ClF3N5O5S/c24-18-2-1-13(6-17(18)23(25,26)27)10-32-4-3-19(31-32)22(34)16-9-29-12-30-20(16)7-14-5-15(21(33)8-14)11-37-38(28,35)36/h1-4,6,9,12,14-15,21,33H,5,7-8,10-11H2,(H2,28,35,36)/t14-,15+,21-/m0/s1. The molecule has 0 aliphatic heterocycles. The molecule has 1 aliphatic rings. The zero-order valence-electron chi connectivity index (χ0n) is 19.7. The monoisotopic (exact) mass is 573 g/mol. The lowest BCUT2D eigenvalue weighted by Crippen LogP contribution is -2.24. The van der Waals surface area contributed by atoms with Crippen LogP contribution in [-0.2, 0) is 33.6 Å². The van der Waals surface area contributed by atoms with E-state index in [0.717, 1.165) is 12.1 Å². The molecule has 0 bridgehead atoms. The first-order valence-corrected chi connectivity index (χ1v) is 13.2. The van der Waals surface area contributed by atoms with Crippen molar-refractivity contribution < 1.29 is 35.7 Å². The van der Waals surface area contributed by atoms with E-state index in [2.05, 4.69) is 19.2 Å². The van der Waals surface area contributed by atoms with E-state index in [1.165, 1.54) is 35.5 Å². The van der Waals surface area contributed by atoms with Gasteiger partial charge in [-0.15, -0.1) is 0 Å². The number of benzene rings is 1. The molecule has 2 aromatic heterocycles. The summed E-state index contributed by atoms with van der Waals surface area (Å²) in [6, 6.07) is 4.99. The van der Waals surface area contributed by atoms with Crippen LogP contribution in [0.1, 0.15) is 45.7 Å². The third-order valence-electron chi connectivity index (χ3n) is 6.28. The van der Waals surface area contributed by atoms with E-state index in [4.69, 9.17) is 16.7 Å². The van der Waals surface area contributed by atoms with Crippen LogP contribution in [-0.4, -0.2) is 51.8 Å². The second-order valence-electron chi connectivity index (χ2n) is 9.07. The minimum atomic E-state index is -4.60. The van der Waals surface area contributed by atoms with E-state index < -0.39 is 44.9 Å². The molecule has 2 heterocycles. The highest BCUT2D eigenvalue weighted by atomic mass is 35.5. The van der Waals surface area contributed by atoms with Crippen LogP contribution in [0.15, 0.2) is 43.0 Å². The number of aliphatic hydroxyl groups excluding tert-OH is 1. The molecule has 1 fully saturated rings. The molecule has 1 aromatic carbocycles. The topological polar surface area (TPSA) is 150 Å². The lowest BCUT2D eigenvalue weighted by Gasteiger charge is -2.13. The molecule has 3 N–H and O–H groups in total. The number of nitrogens with two attached hydrogens (primary N) is 1. The average molecular weight is 574 g/mol. The zero-order valence-corrected chi connectivity index (χ0v) is 21.2. The Bertz CT molecular complexity index is 1430. The lowest BCUT2D eigenvalue weighted by atomic mass is 9.96. The van der Waals surface area contributed by atoms with Crippen molar-refractivity contribution in [2.75, 3.05) is 6.61 Å². The average Bonchev–Trinajstić information content (AvgIpc) is 3.44. The molecule has 15 heteroatoms. The Morgan fingerprint density at radius 1 is 1.26 bits per heavy atom. The van der Waals surface area contributed by atoms with Crippen molar-refractivity contribution in [2.45, 2.75) is 38.1 Å². The van der Waals surface area contributed by atoms with Gasteiger partial charge >= 0.3 is 16.5 Å². The molecule has 0 amide bonds. The second-order valence-corrected chi connectivity index (χ2v) is 10.7. The highest BCUT2D eigenvalue weighted by Gasteiger charge is 2.35. The van der Waals surface area contributed by atoms with E-state index in [9.17, 15) is 31.5 Å². The van der Waals surface area contributed by atoms with Gasteiger partial charge in [0.25, 0.3) is 0 Å². The van der Waals surface area contributed by atoms with Gasteiger partial charge in [0.1, 0.15) is 12.0 Å². The summed E-state index contributed by atoms with van der Waals surface area (Å²) in [5, 5.41) is 19.0. The van der Waals surface area contributed by atoms with Crippen LogP contribution in [0, 0.1) is 11.8 Å². The molecule has 3 aromatic rings. The summed E-state index contributed by atoms with van der Waals surface area (Å²) in [4.78, 5) is 21.4. The molecule has 10 nitrogen and oxygen atoms in total. The Hall–Kier alpha value is -2.91. The lowest BCUT2D eigenvalue weighted by molar-refractivity contribution is -0.137. The Morgan fingerprint density at radius 2 is 2.03 bits per heavy atom. The van der Waals surface area contributed by atoms with Crippen molar-refractivity contribution in [3.05, 3.63) is 76.1 Å². The number of carbonyl (C=O) groups excluding carboxylic acids is 1. The van der Waals surface area contributed by atoms with Crippen molar-refractivity contribution in [1.82, 2.24) is 19.7 Å². The van der Waals surface area contributed by atoms with Gasteiger partial charge in [-0.1, -0.05) is 17.7 Å². The quantitative estimate of drug-likeness (QED) is 0.371. The van der Waals surface area contributed by atoms with Crippen molar-refractivity contribution in [2.24, 2.45) is 17.0 Å². The van der Waals surface area contributed by atoms with E-state index in [0.29, 0.717) is 30.5 Å². The van der Waals surface area contributed by atoms with E-state index >= 15 is 0 Å². The molecule has 0 unspecified atom stereocenters. The second kappa shape index (κ2) is 11.1. The molecule has 0 spiro atoms. The predicted octanol–water partition coefficient (Wildman–Crippen LogP) is 2.77. The number of aromatic nitrogens is 4. The number of halogens is 4. The highest BCUT2D eigenvalue weighted by molar-refractivity contribution is 7.84. The third kappa shape index (κ3) is 6.94. The third-order valence-corrected chi connectivity index (χ3v) is 7.07. The predicted molar refractivity (Wildman–Crippen MR) is 128 cm³/mol. The van der Waals surface area contributed by atoms with Crippen molar-refractivity contribution in [1.29, 1.82) is 0 Å². The molecule has 1 saturated carbocycles.